The van der Waals surface area contributed by atoms with E-state index in [1.165, 1.54) is 141 Å². The molecule has 0 fully saturated rings. The summed E-state index contributed by atoms with van der Waals surface area (Å²) in [5.74, 6) is -0.477. The van der Waals surface area contributed by atoms with Gasteiger partial charge in [0, 0.05) is 0 Å². The molecule has 0 heterocycles. The average Bonchev–Trinajstić information content (AvgIpc) is 3.01. The molecule has 0 radical (unpaired) electrons. The number of unbranched alkanes of at least 4 members (excludes halogenated alkanes) is 24. The molecule has 1 amide bonds. The van der Waals surface area contributed by atoms with Crippen molar-refractivity contribution in [3.05, 3.63) is 12.2 Å². The standard InChI is InChI=1S/C38H75NO4/c1-3-5-7-9-11-13-15-16-17-18-19-20-21-22-23-25-27-29-31-33-37(42)38(43)39-35(34-40)36(41)32-30-28-26-24-14-12-10-8-6-4-2/h19-20,35-37,40-42H,3-18,21-34H2,1-2H3,(H,39,43)/b20-19-. The molecule has 0 aliphatic heterocycles. The Morgan fingerprint density at radius 1 is 0.535 bits per heavy atom. The van der Waals surface area contributed by atoms with Crippen molar-refractivity contribution in [3.8, 4) is 0 Å². The van der Waals surface area contributed by atoms with Gasteiger partial charge in [-0.2, -0.15) is 0 Å². The number of carbonyl (C=O) groups is 1. The Bertz CT molecular complexity index is 596. The minimum atomic E-state index is -1.07. The third kappa shape index (κ3) is 29.6. The van der Waals surface area contributed by atoms with Crippen LogP contribution in [0.1, 0.15) is 200 Å². The van der Waals surface area contributed by atoms with Crippen LogP contribution in [0.2, 0.25) is 0 Å². The lowest BCUT2D eigenvalue weighted by atomic mass is 10.0. The van der Waals surface area contributed by atoms with Crippen LogP contribution in [0.4, 0.5) is 0 Å². The Hall–Kier alpha value is -0.910. The highest BCUT2D eigenvalue weighted by molar-refractivity contribution is 5.80. The molecule has 0 bridgehead atoms. The highest BCUT2D eigenvalue weighted by Gasteiger charge is 2.23. The lowest BCUT2D eigenvalue weighted by Gasteiger charge is -2.23. The summed E-state index contributed by atoms with van der Waals surface area (Å²) < 4.78 is 0. The number of aliphatic hydroxyl groups is 3. The molecule has 3 unspecified atom stereocenters. The molecule has 3 atom stereocenters. The molecule has 0 spiro atoms. The summed E-state index contributed by atoms with van der Waals surface area (Å²) in [5, 5.41) is 33.1. The van der Waals surface area contributed by atoms with Gasteiger partial charge in [0.2, 0.25) is 5.91 Å². The van der Waals surface area contributed by atoms with Crippen LogP contribution < -0.4 is 5.32 Å². The van der Waals surface area contributed by atoms with E-state index in [-0.39, 0.29) is 6.61 Å². The summed E-state index contributed by atoms with van der Waals surface area (Å²) in [6, 6.07) is -0.708. The number of allylic oxidation sites excluding steroid dienone is 2. The SMILES string of the molecule is CCCCCCCCCCC/C=C\CCCCCCCCC(O)C(=O)NC(CO)C(O)CCCCCCCCCCCC. The number of hydrogen-bond donors (Lipinski definition) is 4. The second-order valence-electron chi connectivity index (χ2n) is 13.1. The van der Waals surface area contributed by atoms with Crippen LogP contribution in [-0.2, 0) is 4.79 Å². The van der Waals surface area contributed by atoms with Crippen molar-refractivity contribution < 1.29 is 20.1 Å². The number of hydrogen-bond acceptors (Lipinski definition) is 4. The maximum absolute atomic E-state index is 12.4. The van der Waals surface area contributed by atoms with Gasteiger partial charge in [0.1, 0.15) is 6.10 Å². The van der Waals surface area contributed by atoms with Crippen molar-refractivity contribution in [3.63, 3.8) is 0 Å². The monoisotopic (exact) mass is 610 g/mol. The molecular formula is C38H75NO4. The molecule has 4 N–H and O–H groups in total. The van der Waals surface area contributed by atoms with E-state index >= 15 is 0 Å². The van der Waals surface area contributed by atoms with Gasteiger partial charge in [-0.25, -0.2) is 0 Å². The van der Waals surface area contributed by atoms with E-state index in [2.05, 4.69) is 31.3 Å². The summed E-state index contributed by atoms with van der Waals surface area (Å²) in [5.41, 5.74) is 0. The van der Waals surface area contributed by atoms with Gasteiger partial charge >= 0.3 is 0 Å². The van der Waals surface area contributed by atoms with E-state index in [1.54, 1.807) is 0 Å². The molecule has 0 saturated heterocycles. The zero-order chi connectivity index (χ0) is 31.6. The average molecular weight is 610 g/mol. The molecule has 0 saturated carbocycles. The Balaban J connectivity index is 3.65. The first kappa shape index (κ1) is 42.1. The highest BCUT2D eigenvalue weighted by Crippen LogP contribution is 2.15. The first-order valence-corrected chi connectivity index (χ1v) is 19.0. The highest BCUT2D eigenvalue weighted by atomic mass is 16.3. The van der Waals surface area contributed by atoms with E-state index in [1.807, 2.05) is 0 Å². The van der Waals surface area contributed by atoms with Crippen molar-refractivity contribution in [2.45, 2.75) is 218 Å². The van der Waals surface area contributed by atoms with Crippen LogP contribution in [0.15, 0.2) is 12.2 Å². The largest absolute Gasteiger partial charge is 0.394 e. The molecule has 0 aromatic carbocycles. The number of amides is 1. The zero-order valence-corrected chi connectivity index (χ0v) is 28.8. The Morgan fingerprint density at radius 2 is 0.884 bits per heavy atom. The van der Waals surface area contributed by atoms with Gasteiger partial charge < -0.3 is 20.6 Å². The van der Waals surface area contributed by atoms with Gasteiger partial charge in [0.05, 0.1) is 18.8 Å². The van der Waals surface area contributed by atoms with Gasteiger partial charge in [0.15, 0.2) is 0 Å². The number of nitrogens with one attached hydrogen (secondary N) is 1. The van der Waals surface area contributed by atoms with Crippen LogP contribution in [0.3, 0.4) is 0 Å². The second-order valence-corrected chi connectivity index (χ2v) is 13.1. The van der Waals surface area contributed by atoms with Crippen molar-refractivity contribution in [2.24, 2.45) is 0 Å². The van der Waals surface area contributed by atoms with Crippen LogP contribution in [-0.4, -0.2) is 46.1 Å². The smallest absolute Gasteiger partial charge is 0.249 e. The topological polar surface area (TPSA) is 89.8 Å². The quantitative estimate of drug-likeness (QED) is 0.0432. The maximum atomic E-state index is 12.4. The molecule has 0 aliphatic rings. The summed E-state index contributed by atoms with van der Waals surface area (Å²) in [6.45, 7) is 4.20. The van der Waals surface area contributed by atoms with Gasteiger partial charge in [-0.05, 0) is 38.5 Å². The predicted molar refractivity (Wildman–Crippen MR) is 185 cm³/mol. The minimum Gasteiger partial charge on any atom is -0.394 e. The molecule has 0 aromatic rings. The summed E-state index contributed by atoms with van der Waals surface area (Å²) in [6.07, 6.45) is 37.7. The third-order valence-corrected chi connectivity index (χ3v) is 8.88. The van der Waals surface area contributed by atoms with Crippen molar-refractivity contribution in [1.29, 1.82) is 0 Å². The first-order chi connectivity index (χ1) is 21.1. The molecular weight excluding hydrogens is 534 g/mol. The zero-order valence-electron chi connectivity index (χ0n) is 28.8. The lowest BCUT2D eigenvalue weighted by Crippen LogP contribution is -2.49. The number of aliphatic hydroxyl groups excluding tert-OH is 3. The Morgan fingerprint density at radius 3 is 1.28 bits per heavy atom. The van der Waals surface area contributed by atoms with E-state index in [0.29, 0.717) is 12.8 Å². The van der Waals surface area contributed by atoms with Crippen LogP contribution in [0.5, 0.6) is 0 Å². The summed E-state index contributed by atoms with van der Waals surface area (Å²) in [7, 11) is 0. The van der Waals surface area contributed by atoms with Gasteiger partial charge in [-0.15, -0.1) is 0 Å². The molecule has 0 rings (SSSR count). The molecule has 5 heteroatoms. The molecule has 0 aromatic heterocycles. The fourth-order valence-electron chi connectivity index (χ4n) is 5.83. The van der Waals surface area contributed by atoms with Crippen molar-refractivity contribution >= 4 is 5.91 Å². The second kappa shape index (κ2) is 34.0. The molecule has 0 aliphatic carbocycles. The number of carbonyl (C=O) groups excluding carboxylic acids is 1. The summed E-state index contributed by atoms with van der Waals surface area (Å²) >= 11 is 0. The van der Waals surface area contributed by atoms with Crippen LogP contribution in [0, 0.1) is 0 Å². The van der Waals surface area contributed by atoms with E-state index in [4.69, 9.17) is 0 Å². The Kier molecular flexibility index (Phi) is 33.3. The van der Waals surface area contributed by atoms with Gasteiger partial charge in [-0.3, -0.25) is 4.79 Å². The van der Waals surface area contributed by atoms with Gasteiger partial charge in [0.25, 0.3) is 0 Å². The van der Waals surface area contributed by atoms with E-state index in [9.17, 15) is 20.1 Å². The lowest BCUT2D eigenvalue weighted by molar-refractivity contribution is -0.131. The number of rotatable bonds is 34. The molecule has 5 nitrogen and oxygen atoms in total. The maximum Gasteiger partial charge on any atom is 0.249 e. The van der Waals surface area contributed by atoms with Gasteiger partial charge in [-0.1, -0.05) is 174 Å². The fourth-order valence-corrected chi connectivity index (χ4v) is 5.83. The van der Waals surface area contributed by atoms with Crippen LogP contribution >= 0.6 is 0 Å². The molecule has 256 valence electrons. The Labute approximate surface area is 268 Å². The summed E-state index contributed by atoms with van der Waals surface area (Å²) in [4.78, 5) is 12.4. The van der Waals surface area contributed by atoms with Crippen molar-refractivity contribution in [2.75, 3.05) is 6.61 Å². The van der Waals surface area contributed by atoms with Crippen LogP contribution in [0.25, 0.3) is 0 Å². The fraction of sp³-hybridized carbons (Fsp3) is 0.921. The van der Waals surface area contributed by atoms with E-state index in [0.717, 1.165) is 32.1 Å². The third-order valence-electron chi connectivity index (χ3n) is 8.88. The first-order valence-electron chi connectivity index (χ1n) is 19.0. The van der Waals surface area contributed by atoms with Crippen molar-refractivity contribution in [1.82, 2.24) is 5.32 Å². The van der Waals surface area contributed by atoms with E-state index < -0.39 is 24.2 Å². The predicted octanol–water partition coefficient (Wildman–Crippen LogP) is 10.1. The molecule has 43 heavy (non-hydrogen) atoms. The minimum absolute atomic E-state index is 0.314. The normalized spacial score (nSPS) is 13.9.